The molecule has 3 N–H and O–H groups in total. The molecule has 0 bridgehead atoms. The second kappa shape index (κ2) is 9.00. The molecule has 2 aromatic carbocycles. The number of carbonyl (C=O) groups excluding carboxylic acids is 1. The Kier molecular flexibility index (Phi) is 6.73. The Hall–Kier alpha value is -2.64. The van der Waals surface area contributed by atoms with Gasteiger partial charge in [-0.1, -0.05) is 56.3 Å². The molecule has 130 valence electrons. The fraction of sp³-hybridized carbons (Fsp3) is 0.333. The van der Waals surface area contributed by atoms with Crippen LogP contribution in [0.4, 0.5) is 0 Å². The summed E-state index contributed by atoms with van der Waals surface area (Å²) in [7, 11) is 0. The smallest absolute Gasteiger partial charge is 0.228 e. The molecule has 0 radical (unpaired) electrons. The average molecular weight is 335 g/mol. The number of rotatable bonds is 7. The monoisotopic (exact) mass is 335 g/mol. The minimum Gasteiger partial charge on any atom is -0.342 e. The summed E-state index contributed by atoms with van der Waals surface area (Å²) in [5.74, 6) is 0.0242. The zero-order chi connectivity index (χ0) is 18.2. The van der Waals surface area contributed by atoms with Crippen LogP contribution in [0.15, 0.2) is 48.5 Å². The van der Waals surface area contributed by atoms with E-state index in [1.165, 1.54) is 0 Å². The van der Waals surface area contributed by atoms with Crippen molar-refractivity contribution in [3.05, 3.63) is 59.7 Å². The van der Waals surface area contributed by atoms with Gasteiger partial charge in [-0.3, -0.25) is 4.79 Å². The quantitative estimate of drug-likeness (QED) is 0.759. The van der Waals surface area contributed by atoms with Crippen molar-refractivity contribution in [2.75, 3.05) is 6.54 Å². The molecule has 4 heteroatoms. The van der Waals surface area contributed by atoms with Gasteiger partial charge in [0, 0.05) is 6.54 Å². The van der Waals surface area contributed by atoms with E-state index in [2.05, 4.69) is 31.3 Å². The van der Waals surface area contributed by atoms with Crippen LogP contribution >= 0.6 is 0 Å². The van der Waals surface area contributed by atoms with Gasteiger partial charge in [-0.15, -0.1) is 0 Å². The Balaban J connectivity index is 2.35. The van der Waals surface area contributed by atoms with Gasteiger partial charge in [-0.05, 0) is 40.7 Å². The van der Waals surface area contributed by atoms with E-state index >= 15 is 0 Å². The molecule has 2 aromatic rings. The summed E-state index contributed by atoms with van der Waals surface area (Å²) in [6.45, 7) is 4.73. The molecule has 0 saturated carbocycles. The summed E-state index contributed by atoms with van der Waals surface area (Å²) in [4.78, 5) is 12.5. The van der Waals surface area contributed by atoms with Crippen LogP contribution in [0.25, 0.3) is 11.1 Å². The van der Waals surface area contributed by atoms with Gasteiger partial charge in [-0.25, -0.2) is 0 Å². The van der Waals surface area contributed by atoms with E-state index in [0.29, 0.717) is 12.5 Å². The van der Waals surface area contributed by atoms with Gasteiger partial charge in [0.05, 0.1) is 12.0 Å². The molecule has 0 fully saturated rings. The molecule has 2 rings (SSSR count). The molecule has 1 atom stereocenters. The third kappa shape index (κ3) is 5.17. The number of nitrogens with two attached hydrogens (primary N) is 1. The summed E-state index contributed by atoms with van der Waals surface area (Å²) in [6.07, 6.45) is 0.740. The van der Waals surface area contributed by atoms with Crippen molar-refractivity contribution in [1.82, 2.24) is 5.32 Å². The van der Waals surface area contributed by atoms with E-state index in [-0.39, 0.29) is 18.4 Å². The fourth-order valence-corrected chi connectivity index (χ4v) is 2.93. The third-order valence-electron chi connectivity index (χ3n) is 4.15. The Bertz CT molecular complexity index is 762. The van der Waals surface area contributed by atoms with Crippen LogP contribution in [0.5, 0.6) is 0 Å². The maximum atomic E-state index is 12.5. The predicted molar refractivity (Wildman–Crippen MR) is 101 cm³/mol. The highest BCUT2D eigenvalue weighted by molar-refractivity contribution is 5.84. The lowest BCUT2D eigenvalue weighted by molar-refractivity contribution is -0.122. The third-order valence-corrected chi connectivity index (χ3v) is 4.15. The van der Waals surface area contributed by atoms with Crippen molar-refractivity contribution in [3.8, 4) is 17.2 Å². The molecular weight excluding hydrogens is 310 g/mol. The minimum atomic E-state index is -0.258. The van der Waals surface area contributed by atoms with Crippen molar-refractivity contribution in [2.45, 2.75) is 32.7 Å². The summed E-state index contributed by atoms with van der Waals surface area (Å²) in [6, 6.07) is 18.1. The van der Waals surface area contributed by atoms with Crippen LogP contribution in [0.3, 0.4) is 0 Å². The molecule has 0 aliphatic rings. The van der Waals surface area contributed by atoms with Crippen molar-refractivity contribution in [2.24, 2.45) is 11.7 Å². The Morgan fingerprint density at radius 3 is 2.48 bits per heavy atom. The van der Waals surface area contributed by atoms with Crippen molar-refractivity contribution in [1.29, 1.82) is 5.26 Å². The van der Waals surface area contributed by atoms with Crippen LogP contribution in [-0.2, 0) is 11.3 Å². The molecular formula is C21H25N3O. The summed E-state index contributed by atoms with van der Waals surface area (Å²) in [5, 5.41) is 11.4. The van der Waals surface area contributed by atoms with Gasteiger partial charge in [-0.2, -0.15) is 5.26 Å². The standard InChI is InChI=1S/C21H25N3O/c1-15(2)11-20(21(25)24-10-9-22)19-8-4-7-18(13-19)17-6-3-5-16(12-17)14-23/h3-8,12-13,15,20H,10-11,14,23H2,1-2H3,(H,24,25)/t20-/m1/s1. The number of benzene rings is 2. The number of nitrogens with one attached hydrogen (secondary N) is 1. The molecule has 0 saturated heterocycles. The zero-order valence-corrected chi connectivity index (χ0v) is 14.8. The van der Waals surface area contributed by atoms with Gasteiger partial charge in [0.1, 0.15) is 6.54 Å². The Labute approximate surface area is 149 Å². The second-order valence-corrected chi connectivity index (χ2v) is 6.59. The first-order chi connectivity index (χ1) is 12.0. The van der Waals surface area contributed by atoms with E-state index in [4.69, 9.17) is 11.0 Å². The number of amides is 1. The lowest BCUT2D eigenvalue weighted by Crippen LogP contribution is -2.30. The second-order valence-electron chi connectivity index (χ2n) is 6.59. The first kappa shape index (κ1) is 18.7. The molecule has 0 aliphatic carbocycles. The summed E-state index contributed by atoms with van der Waals surface area (Å²) < 4.78 is 0. The van der Waals surface area contributed by atoms with Gasteiger partial charge in [0.25, 0.3) is 0 Å². The van der Waals surface area contributed by atoms with Gasteiger partial charge < -0.3 is 11.1 Å². The van der Waals surface area contributed by atoms with E-state index in [0.717, 1.165) is 28.7 Å². The highest BCUT2D eigenvalue weighted by atomic mass is 16.1. The number of hydrogen-bond donors (Lipinski definition) is 2. The average Bonchev–Trinajstić information content (AvgIpc) is 2.64. The van der Waals surface area contributed by atoms with Crippen LogP contribution in [0, 0.1) is 17.2 Å². The summed E-state index contributed by atoms with van der Waals surface area (Å²) >= 11 is 0. The molecule has 25 heavy (non-hydrogen) atoms. The van der Waals surface area contributed by atoms with Gasteiger partial charge in [0.15, 0.2) is 0 Å². The van der Waals surface area contributed by atoms with E-state index in [9.17, 15) is 4.79 Å². The molecule has 1 amide bonds. The molecule has 0 aliphatic heterocycles. The predicted octanol–water partition coefficient (Wildman–Crippen LogP) is 3.58. The number of nitrogens with zero attached hydrogens (tertiary/aromatic N) is 1. The number of carbonyl (C=O) groups is 1. The van der Waals surface area contributed by atoms with Gasteiger partial charge in [0.2, 0.25) is 5.91 Å². The molecule has 0 spiro atoms. The number of hydrogen-bond acceptors (Lipinski definition) is 3. The van der Waals surface area contributed by atoms with Crippen LogP contribution in [0.1, 0.15) is 37.3 Å². The molecule has 0 unspecified atom stereocenters. The first-order valence-corrected chi connectivity index (χ1v) is 8.59. The Morgan fingerprint density at radius 2 is 1.84 bits per heavy atom. The lowest BCUT2D eigenvalue weighted by Gasteiger charge is -2.19. The van der Waals surface area contributed by atoms with Gasteiger partial charge >= 0.3 is 0 Å². The SMILES string of the molecule is CC(C)C[C@@H](C(=O)NCC#N)c1cccc(-c2cccc(CN)c2)c1. The maximum absolute atomic E-state index is 12.5. The largest absolute Gasteiger partial charge is 0.342 e. The minimum absolute atomic E-state index is 0.0334. The van der Waals surface area contributed by atoms with E-state index in [1.54, 1.807) is 0 Å². The topological polar surface area (TPSA) is 78.9 Å². The highest BCUT2D eigenvalue weighted by Crippen LogP contribution is 2.29. The summed E-state index contributed by atoms with van der Waals surface area (Å²) in [5.41, 5.74) is 9.94. The normalized spacial score (nSPS) is 11.8. The molecule has 0 heterocycles. The van der Waals surface area contributed by atoms with Crippen molar-refractivity contribution in [3.63, 3.8) is 0 Å². The maximum Gasteiger partial charge on any atom is 0.228 e. The zero-order valence-electron chi connectivity index (χ0n) is 14.8. The van der Waals surface area contributed by atoms with Crippen molar-refractivity contribution < 1.29 is 4.79 Å². The highest BCUT2D eigenvalue weighted by Gasteiger charge is 2.22. The van der Waals surface area contributed by atoms with Crippen LogP contribution in [0.2, 0.25) is 0 Å². The van der Waals surface area contributed by atoms with E-state index < -0.39 is 0 Å². The van der Waals surface area contributed by atoms with Crippen molar-refractivity contribution >= 4 is 5.91 Å². The Morgan fingerprint density at radius 1 is 1.16 bits per heavy atom. The molecule has 4 nitrogen and oxygen atoms in total. The van der Waals surface area contributed by atoms with Crippen LogP contribution < -0.4 is 11.1 Å². The first-order valence-electron chi connectivity index (χ1n) is 8.59. The molecule has 0 aromatic heterocycles. The van der Waals surface area contributed by atoms with Crippen LogP contribution in [-0.4, -0.2) is 12.5 Å². The lowest BCUT2D eigenvalue weighted by atomic mass is 9.88. The number of nitriles is 1. The fourth-order valence-electron chi connectivity index (χ4n) is 2.93. The van der Waals surface area contributed by atoms with E-state index in [1.807, 2.05) is 42.5 Å².